The molecule has 0 saturated carbocycles. The highest BCUT2D eigenvalue weighted by Gasteiger charge is 2.24. The van der Waals surface area contributed by atoms with E-state index in [-0.39, 0.29) is 0 Å². The molecule has 0 bridgehead atoms. The Morgan fingerprint density at radius 3 is 0.500 bits per heavy atom. The third kappa shape index (κ3) is 11.2. The average Bonchev–Trinajstić information content (AvgIpc) is 0.772. The van der Waals surface area contributed by atoms with Crippen LogP contribution in [-0.4, -0.2) is 0 Å². The van der Waals surface area contributed by atoms with Crippen LogP contribution in [0.2, 0.25) is 0 Å². The quantitative estimate of drug-likeness (QED) is 0.120. The second-order valence-corrected chi connectivity index (χ2v) is 29.5. The van der Waals surface area contributed by atoms with Crippen molar-refractivity contribution in [1.82, 2.24) is 0 Å². The highest BCUT2D eigenvalue weighted by atomic mass is 14.3. The molecule has 0 unspecified atom stereocenters. The molecule has 22 aromatic rings. The zero-order chi connectivity index (χ0) is 74.0. The molecule has 0 amide bonds. The van der Waals surface area contributed by atoms with Crippen LogP contribution in [0, 0.1) is 0 Å². The van der Waals surface area contributed by atoms with Gasteiger partial charge in [-0.1, -0.05) is 425 Å². The smallest absolute Gasteiger partial charge is 0.00201 e. The average molecular weight is 1420 g/mol. The summed E-state index contributed by atoms with van der Waals surface area (Å²) in [6.45, 7) is 0. The van der Waals surface area contributed by atoms with Gasteiger partial charge in [0.1, 0.15) is 0 Å². The summed E-state index contributed by atoms with van der Waals surface area (Å²) in [5, 5.41) is 25.2. The van der Waals surface area contributed by atoms with Gasteiger partial charge in [-0.2, -0.15) is 0 Å². The first-order valence-corrected chi connectivity index (χ1v) is 38.9. The topological polar surface area (TPSA) is 0 Å². The third-order valence-electron chi connectivity index (χ3n) is 23.3. The lowest BCUT2D eigenvalue weighted by molar-refractivity contribution is 1.60. The molecule has 0 aliphatic rings. The van der Waals surface area contributed by atoms with Crippen LogP contribution in [-0.2, 0) is 0 Å². The zero-order valence-corrected chi connectivity index (χ0v) is 61.6. The van der Waals surface area contributed by atoms with E-state index < -0.39 is 0 Å². The molecule has 0 aromatic heterocycles. The van der Waals surface area contributed by atoms with Gasteiger partial charge in [0.2, 0.25) is 0 Å². The van der Waals surface area contributed by atoms with Crippen molar-refractivity contribution in [3.8, 4) is 111 Å². The lowest BCUT2D eigenvalue weighted by atomic mass is 9.82. The second-order valence-electron chi connectivity index (χ2n) is 29.5. The molecule has 0 saturated heterocycles. The van der Waals surface area contributed by atoms with Gasteiger partial charge in [0, 0.05) is 0 Å². The Labute approximate surface area is 651 Å². The third-order valence-corrected chi connectivity index (χ3v) is 23.3. The maximum atomic E-state index is 2.35. The molecule has 0 spiro atoms. The van der Waals surface area contributed by atoms with Crippen molar-refractivity contribution in [2.75, 3.05) is 0 Å². The van der Waals surface area contributed by atoms with Crippen molar-refractivity contribution in [3.63, 3.8) is 0 Å². The Hall–Kier alpha value is -14.6. The van der Waals surface area contributed by atoms with E-state index in [1.54, 1.807) is 0 Å². The maximum absolute atomic E-state index is 2.35. The summed E-state index contributed by atoms with van der Waals surface area (Å²) >= 11 is 0. The molecule has 0 aliphatic heterocycles. The predicted molar refractivity (Wildman–Crippen MR) is 482 cm³/mol. The number of hydrogen-bond acceptors (Lipinski definition) is 0. The summed E-state index contributed by atoms with van der Waals surface area (Å²) in [4.78, 5) is 0. The first-order chi connectivity index (χ1) is 55.6. The molecule has 520 valence electrons. The van der Waals surface area contributed by atoms with Crippen molar-refractivity contribution in [2.45, 2.75) is 0 Å². The number of fused-ring (bicyclic) bond motifs is 10. The van der Waals surface area contributed by atoms with Crippen molar-refractivity contribution in [3.05, 3.63) is 437 Å². The van der Waals surface area contributed by atoms with Crippen molar-refractivity contribution in [1.29, 1.82) is 0 Å². The van der Waals surface area contributed by atoms with Crippen molar-refractivity contribution < 1.29 is 0 Å². The van der Waals surface area contributed by atoms with Gasteiger partial charge in [0.25, 0.3) is 0 Å². The highest BCUT2D eigenvalue weighted by Crippen LogP contribution is 2.52. The van der Waals surface area contributed by atoms with Crippen LogP contribution in [0.25, 0.3) is 219 Å². The number of benzene rings is 22. The molecule has 112 heavy (non-hydrogen) atoms. The van der Waals surface area contributed by atoms with Gasteiger partial charge >= 0.3 is 0 Å². The molecule has 0 N–H and O–H groups in total. The van der Waals surface area contributed by atoms with Crippen molar-refractivity contribution in [2.24, 2.45) is 0 Å². The minimum absolute atomic E-state index is 1.21. The summed E-state index contributed by atoms with van der Waals surface area (Å²) in [5.41, 5.74) is 25.0. The fourth-order valence-corrected chi connectivity index (χ4v) is 18.4. The Morgan fingerprint density at radius 1 is 0.0893 bits per heavy atom. The molecule has 22 rings (SSSR count). The fraction of sp³-hybridized carbons (Fsp3) is 0. The van der Waals surface area contributed by atoms with Gasteiger partial charge in [-0.05, 0) is 231 Å². The van der Waals surface area contributed by atoms with E-state index in [1.807, 2.05) is 0 Å². The minimum atomic E-state index is 1.21. The zero-order valence-electron chi connectivity index (χ0n) is 61.6. The Bertz CT molecular complexity index is 6780. The van der Waals surface area contributed by atoms with E-state index in [9.17, 15) is 0 Å². The summed E-state index contributed by atoms with van der Waals surface area (Å²) in [6.07, 6.45) is 0. The van der Waals surface area contributed by atoms with Gasteiger partial charge in [0.05, 0.1) is 0 Å². The van der Waals surface area contributed by atoms with Gasteiger partial charge in [-0.25, -0.2) is 0 Å². The molecule has 0 heteroatoms. The minimum Gasteiger partial charge on any atom is -0.0622 e. The van der Waals surface area contributed by atoms with Crippen LogP contribution < -0.4 is 0 Å². The normalized spacial score (nSPS) is 11.6. The molecule has 0 fully saturated rings. The maximum Gasteiger partial charge on any atom is -0.00201 e. The molecule has 0 radical (unpaired) electrons. The van der Waals surface area contributed by atoms with E-state index in [0.29, 0.717) is 0 Å². The monoisotopic (exact) mass is 1420 g/mol. The fourth-order valence-electron chi connectivity index (χ4n) is 18.4. The van der Waals surface area contributed by atoms with Crippen molar-refractivity contribution >= 4 is 108 Å². The number of hydrogen-bond donors (Lipinski definition) is 0. The van der Waals surface area contributed by atoms with E-state index in [2.05, 4.69) is 437 Å². The van der Waals surface area contributed by atoms with E-state index >= 15 is 0 Å². The predicted octanol–water partition coefficient (Wildman–Crippen LogP) is 31.6. The largest absolute Gasteiger partial charge is 0.0622 e. The lowest BCUT2D eigenvalue weighted by Gasteiger charge is -2.21. The Morgan fingerprint density at radius 2 is 0.259 bits per heavy atom. The standard InChI is InChI=1S/C58H38.C54H34/c1-3-19-39(20-4-1)43-23-7-9-25-45(43)57-51-31-15-11-27-47(51)55(48-28-12-16-32-52(48)57)41-35-37-42(38-36-41)56-49-29-13-17-33-53(49)58(54-34-18-14-30-50(54)56)46-26-10-8-24-44(46)40-21-5-2-6-22-40;1-3-15-39-33-41(31-25-35(39)13-1)53-47-21-9-5-17-43(47)51(44-18-6-10-22-48(44)53)37-27-29-38(30-28-37)52-45-19-7-11-23-49(45)54(50-24-12-8-20-46(50)52)42-32-26-36-14-2-4-16-40(36)34-42/h1-38H;1-34H. The molecule has 0 atom stereocenters. The van der Waals surface area contributed by atoms with Gasteiger partial charge in [0.15, 0.2) is 0 Å². The Kier molecular flexibility index (Phi) is 16.4. The molecule has 0 nitrogen and oxygen atoms in total. The van der Waals surface area contributed by atoms with Crippen LogP contribution in [0.15, 0.2) is 437 Å². The number of rotatable bonds is 10. The van der Waals surface area contributed by atoms with Crippen LogP contribution >= 0.6 is 0 Å². The van der Waals surface area contributed by atoms with Crippen LogP contribution in [0.1, 0.15) is 0 Å². The lowest BCUT2D eigenvalue weighted by Crippen LogP contribution is -1.93. The molecule has 0 heterocycles. The summed E-state index contributed by atoms with van der Waals surface area (Å²) in [5.74, 6) is 0. The van der Waals surface area contributed by atoms with Gasteiger partial charge in [-0.15, -0.1) is 0 Å². The van der Waals surface area contributed by atoms with Crippen LogP contribution in [0.4, 0.5) is 0 Å². The summed E-state index contributed by atoms with van der Waals surface area (Å²) in [7, 11) is 0. The second kappa shape index (κ2) is 27.9. The molecule has 22 aromatic carbocycles. The Balaban J connectivity index is 0.000000142. The molecular formula is C112H72. The van der Waals surface area contributed by atoms with E-state index in [4.69, 9.17) is 0 Å². The first kappa shape index (κ1) is 65.7. The molecule has 0 aliphatic carbocycles. The molecular weight excluding hydrogens is 1350 g/mol. The van der Waals surface area contributed by atoms with E-state index in [0.717, 1.165) is 0 Å². The van der Waals surface area contributed by atoms with Crippen LogP contribution in [0.3, 0.4) is 0 Å². The SMILES string of the molecule is c1ccc(-c2ccccc2-c2c3ccccc3c(-c3ccc(-c4c5ccccc5c(-c5ccccc5-c5ccccc5)c5ccccc45)cc3)c3ccccc23)cc1.c1ccc2cc(-c3c4ccccc4c(-c4ccc(-c5c6ccccc6c(-c6ccc7ccccc7c6)c6ccccc56)cc4)c4ccccc34)ccc2c1. The van der Waals surface area contributed by atoms with Crippen LogP contribution in [0.5, 0.6) is 0 Å². The summed E-state index contributed by atoms with van der Waals surface area (Å²) < 4.78 is 0. The summed E-state index contributed by atoms with van der Waals surface area (Å²) in [6, 6.07) is 160. The highest BCUT2D eigenvalue weighted by molar-refractivity contribution is 6.27. The van der Waals surface area contributed by atoms with E-state index in [1.165, 1.54) is 219 Å². The van der Waals surface area contributed by atoms with Gasteiger partial charge in [-0.3, -0.25) is 0 Å². The van der Waals surface area contributed by atoms with Gasteiger partial charge < -0.3 is 0 Å². The first-order valence-electron chi connectivity index (χ1n) is 38.9.